The Hall–Kier alpha value is -1.36. The van der Waals surface area contributed by atoms with Gasteiger partial charge in [-0.2, -0.15) is 5.10 Å². The predicted molar refractivity (Wildman–Crippen MR) is 61.3 cm³/mol. The minimum atomic E-state index is -0.794. The summed E-state index contributed by atoms with van der Waals surface area (Å²) in [5, 5.41) is 16.2. The van der Waals surface area contributed by atoms with E-state index in [2.05, 4.69) is 10.4 Å². The molecular weight excluding hydrogens is 206 g/mol. The molecule has 0 bridgehead atoms. The van der Waals surface area contributed by atoms with Crippen LogP contribution in [0.4, 0.5) is 0 Å². The van der Waals surface area contributed by atoms with Gasteiger partial charge in [-0.3, -0.25) is 9.48 Å². The maximum Gasteiger partial charge on any atom is 0.320 e. The number of aryl methyl sites for hydroxylation is 2. The molecule has 1 atom stereocenters. The van der Waals surface area contributed by atoms with E-state index in [0.29, 0.717) is 13.0 Å². The van der Waals surface area contributed by atoms with Gasteiger partial charge in [0.1, 0.15) is 6.04 Å². The zero-order valence-corrected chi connectivity index (χ0v) is 9.81. The Morgan fingerprint density at radius 1 is 1.69 bits per heavy atom. The van der Waals surface area contributed by atoms with E-state index in [1.165, 1.54) is 0 Å². The van der Waals surface area contributed by atoms with Crippen molar-refractivity contribution in [2.24, 2.45) is 0 Å². The van der Waals surface area contributed by atoms with Crippen LogP contribution in [0.15, 0.2) is 12.3 Å². The number of carboxylic acids is 1. The van der Waals surface area contributed by atoms with Gasteiger partial charge in [0.15, 0.2) is 0 Å². The number of nitrogens with zero attached hydrogens (tertiary/aromatic N) is 2. The molecular formula is C11H19N3O2. The molecule has 0 spiro atoms. The predicted octanol–water partition coefficient (Wildman–Crippen LogP) is 1.03. The molecule has 0 aliphatic carbocycles. The van der Waals surface area contributed by atoms with Crippen molar-refractivity contribution in [3.63, 3.8) is 0 Å². The summed E-state index contributed by atoms with van der Waals surface area (Å²) in [7, 11) is 0. The summed E-state index contributed by atoms with van der Waals surface area (Å²) in [5.74, 6) is -0.794. The minimum Gasteiger partial charge on any atom is -0.480 e. The number of rotatable bonds is 7. The maximum atomic E-state index is 10.9. The number of aliphatic carboxylic acids is 1. The van der Waals surface area contributed by atoms with Gasteiger partial charge in [-0.15, -0.1) is 0 Å². The first-order valence-electron chi connectivity index (χ1n) is 5.59. The summed E-state index contributed by atoms with van der Waals surface area (Å²) in [6, 6.07) is 1.43. The van der Waals surface area contributed by atoms with Gasteiger partial charge in [-0.05, 0) is 32.4 Å². The van der Waals surface area contributed by atoms with Crippen molar-refractivity contribution in [1.29, 1.82) is 0 Å². The fourth-order valence-electron chi connectivity index (χ4n) is 1.48. The first-order chi connectivity index (χ1) is 7.63. The van der Waals surface area contributed by atoms with Crippen LogP contribution in [0.25, 0.3) is 0 Å². The number of carboxylic acid groups (broad SMARTS) is 1. The lowest BCUT2D eigenvalue weighted by molar-refractivity contribution is -0.139. The van der Waals surface area contributed by atoms with E-state index in [9.17, 15) is 4.79 Å². The number of aromatic nitrogens is 2. The number of nitrogens with one attached hydrogen (secondary N) is 1. The summed E-state index contributed by atoms with van der Waals surface area (Å²) in [6.07, 6.45) is 3.36. The first kappa shape index (κ1) is 12.7. The van der Waals surface area contributed by atoms with Gasteiger partial charge in [-0.25, -0.2) is 0 Å². The highest BCUT2D eigenvalue weighted by molar-refractivity contribution is 5.73. The molecule has 1 unspecified atom stereocenters. The summed E-state index contributed by atoms with van der Waals surface area (Å²) >= 11 is 0. The fraction of sp³-hybridized carbons (Fsp3) is 0.636. The topological polar surface area (TPSA) is 67.2 Å². The molecule has 1 aromatic rings. The molecule has 0 saturated heterocycles. The lowest BCUT2D eigenvalue weighted by Crippen LogP contribution is -2.38. The van der Waals surface area contributed by atoms with Gasteiger partial charge in [0, 0.05) is 12.7 Å². The van der Waals surface area contributed by atoms with Crippen molar-refractivity contribution in [2.45, 2.75) is 39.3 Å². The minimum absolute atomic E-state index is 0.482. The lowest BCUT2D eigenvalue weighted by atomic mass is 10.2. The third kappa shape index (κ3) is 4.02. The standard InChI is InChI=1S/C11H19N3O2/c1-3-6-12-10(11(15)16)5-8-14-7-4-9(2)13-14/h4,7,10,12H,3,5-6,8H2,1-2H3,(H,15,16). The van der Waals surface area contributed by atoms with Crippen LogP contribution in [0.2, 0.25) is 0 Å². The number of hydrogen-bond donors (Lipinski definition) is 2. The van der Waals surface area contributed by atoms with E-state index < -0.39 is 12.0 Å². The number of hydrogen-bond acceptors (Lipinski definition) is 3. The smallest absolute Gasteiger partial charge is 0.320 e. The molecule has 16 heavy (non-hydrogen) atoms. The van der Waals surface area contributed by atoms with Gasteiger partial charge in [0.25, 0.3) is 0 Å². The highest BCUT2D eigenvalue weighted by Crippen LogP contribution is 1.99. The van der Waals surface area contributed by atoms with E-state index >= 15 is 0 Å². The van der Waals surface area contributed by atoms with Gasteiger partial charge in [0.2, 0.25) is 0 Å². The van der Waals surface area contributed by atoms with Crippen LogP contribution in [-0.4, -0.2) is 33.4 Å². The second kappa shape index (κ2) is 6.27. The van der Waals surface area contributed by atoms with Crippen LogP contribution < -0.4 is 5.32 Å². The zero-order chi connectivity index (χ0) is 12.0. The number of carbonyl (C=O) groups is 1. The Bertz CT molecular complexity index is 336. The molecule has 0 fully saturated rings. The van der Waals surface area contributed by atoms with Crippen molar-refractivity contribution in [3.8, 4) is 0 Å². The highest BCUT2D eigenvalue weighted by atomic mass is 16.4. The van der Waals surface area contributed by atoms with Gasteiger partial charge >= 0.3 is 5.97 Å². The molecule has 5 heteroatoms. The zero-order valence-electron chi connectivity index (χ0n) is 9.81. The van der Waals surface area contributed by atoms with E-state index in [-0.39, 0.29) is 0 Å². The third-order valence-corrected chi connectivity index (χ3v) is 2.36. The maximum absolute atomic E-state index is 10.9. The van der Waals surface area contributed by atoms with Crippen LogP contribution in [0.3, 0.4) is 0 Å². The molecule has 5 nitrogen and oxygen atoms in total. The van der Waals surface area contributed by atoms with Crippen molar-refractivity contribution in [1.82, 2.24) is 15.1 Å². The second-order valence-corrected chi connectivity index (χ2v) is 3.85. The molecule has 0 amide bonds. The summed E-state index contributed by atoms with van der Waals surface area (Å²) < 4.78 is 1.78. The monoisotopic (exact) mass is 225 g/mol. The van der Waals surface area contributed by atoms with Crippen LogP contribution in [0.5, 0.6) is 0 Å². The van der Waals surface area contributed by atoms with Crippen molar-refractivity contribution < 1.29 is 9.90 Å². The van der Waals surface area contributed by atoms with Crippen LogP contribution in [0, 0.1) is 6.92 Å². The summed E-state index contributed by atoms with van der Waals surface area (Å²) in [4.78, 5) is 10.9. The fourth-order valence-corrected chi connectivity index (χ4v) is 1.48. The quantitative estimate of drug-likeness (QED) is 0.727. The molecule has 1 heterocycles. The van der Waals surface area contributed by atoms with Gasteiger partial charge in [0.05, 0.1) is 5.69 Å². The Balaban J connectivity index is 2.40. The SMILES string of the molecule is CCCNC(CCn1ccc(C)n1)C(=O)O. The van der Waals surface area contributed by atoms with E-state index in [4.69, 9.17) is 5.11 Å². The largest absolute Gasteiger partial charge is 0.480 e. The van der Waals surface area contributed by atoms with Crippen LogP contribution in [0.1, 0.15) is 25.5 Å². The van der Waals surface area contributed by atoms with Gasteiger partial charge < -0.3 is 10.4 Å². The summed E-state index contributed by atoms with van der Waals surface area (Å²) in [6.45, 7) is 5.29. The second-order valence-electron chi connectivity index (χ2n) is 3.85. The Kier molecular flexibility index (Phi) is 4.98. The molecule has 1 aromatic heterocycles. The van der Waals surface area contributed by atoms with Crippen molar-refractivity contribution in [2.75, 3.05) is 6.54 Å². The average molecular weight is 225 g/mol. The lowest BCUT2D eigenvalue weighted by Gasteiger charge is -2.13. The van der Waals surface area contributed by atoms with Crippen molar-refractivity contribution in [3.05, 3.63) is 18.0 Å². The molecule has 90 valence electrons. The van der Waals surface area contributed by atoms with Gasteiger partial charge in [-0.1, -0.05) is 6.92 Å². The normalized spacial score (nSPS) is 12.6. The van der Waals surface area contributed by atoms with Crippen LogP contribution in [-0.2, 0) is 11.3 Å². The molecule has 0 aliphatic rings. The van der Waals surface area contributed by atoms with Crippen molar-refractivity contribution >= 4 is 5.97 Å². The van der Waals surface area contributed by atoms with E-state index in [1.807, 2.05) is 26.1 Å². The Labute approximate surface area is 95.5 Å². The summed E-state index contributed by atoms with van der Waals surface area (Å²) in [5.41, 5.74) is 0.952. The van der Waals surface area contributed by atoms with E-state index in [0.717, 1.165) is 18.7 Å². The molecule has 0 aliphatic heterocycles. The molecule has 0 saturated carbocycles. The Morgan fingerprint density at radius 2 is 2.44 bits per heavy atom. The average Bonchev–Trinajstić information content (AvgIpc) is 2.64. The molecule has 2 N–H and O–H groups in total. The van der Waals surface area contributed by atoms with Crippen LogP contribution >= 0.6 is 0 Å². The first-order valence-corrected chi connectivity index (χ1v) is 5.59. The third-order valence-electron chi connectivity index (χ3n) is 2.36. The van der Waals surface area contributed by atoms with E-state index in [1.54, 1.807) is 4.68 Å². The molecule has 0 aromatic carbocycles. The Morgan fingerprint density at radius 3 is 2.94 bits per heavy atom. The molecule has 0 radical (unpaired) electrons. The molecule has 1 rings (SSSR count). The highest BCUT2D eigenvalue weighted by Gasteiger charge is 2.15.